The number of ether oxygens (including phenoxy) is 1. The van der Waals surface area contributed by atoms with Gasteiger partial charge in [-0.3, -0.25) is 9.58 Å². The van der Waals surface area contributed by atoms with Gasteiger partial charge in [0.25, 0.3) is 0 Å². The molecule has 0 aromatic carbocycles. The van der Waals surface area contributed by atoms with Crippen LogP contribution in [-0.2, 0) is 11.8 Å². The van der Waals surface area contributed by atoms with Crippen molar-refractivity contribution in [1.29, 1.82) is 0 Å². The first-order chi connectivity index (χ1) is 12.1. The summed E-state index contributed by atoms with van der Waals surface area (Å²) in [6.45, 7) is 4.27. The van der Waals surface area contributed by atoms with Gasteiger partial charge in [-0.1, -0.05) is 0 Å². The summed E-state index contributed by atoms with van der Waals surface area (Å²) < 4.78 is 9.85. The lowest BCUT2D eigenvalue weighted by molar-refractivity contribution is -0.0581. The van der Waals surface area contributed by atoms with Crippen LogP contribution in [0.2, 0.25) is 0 Å². The van der Waals surface area contributed by atoms with Crippen LogP contribution in [0.15, 0.2) is 30.7 Å². The number of aryl methyl sites for hydroxylation is 2. The second-order valence-corrected chi connectivity index (χ2v) is 6.49. The van der Waals surface area contributed by atoms with Gasteiger partial charge in [0.05, 0.1) is 30.1 Å². The van der Waals surface area contributed by atoms with Gasteiger partial charge >= 0.3 is 0 Å². The van der Waals surface area contributed by atoms with E-state index >= 15 is 0 Å². The van der Waals surface area contributed by atoms with Crippen LogP contribution in [0.1, 0.15) is 17.4 Å². The zero-order valence-electron chi connectivity index (χ0n) is 14.8. The highest BCUT2D eigenvalue weighted by molar-refractivity contribution is 5.67. The summed E-state index contributed by atoms with van der Waals surface area (Å²) in [5.41, 5.74) is 3.10. The lowest BCUT2D eigenvalue weighted by Crippen LogP contribution is -2.46. The van der Waals surface area contributed by atoms with Gasteiger partial charge in [0.2, 0.25) is 0 Å². The fourth-order valence-electron chi connectivity index (χ4n) is 3.50. The van der Waals surface area contributed by atoms with E-state index in [1.54, 1.807) is 6.20 Å². The Morgan fingerprint density at radius 2 is 2.20 bits per heavy atom. The molecule has 132 valence electrons. The van der Waals surface area contributed by atoms with E-state index in [4.69, 9.17) is 4.74 Å². The Kier molecular flexibility index (Phi) is 4.14. The van der Waals surface area contributed by atoms with E-state index in [0.717, 1.165) is 35.9 Å². The maximum absolute atomic E-state index is 6.08. The van der Waals surface area contributed by atoms with Crippen molar-refractivity contribution in [2.45, 2.75) is 19.1 Å². The summed E-state index contributed by atoms with van der Waals surface area (Å²) in [7, 11) is 4.10. The molecule has 1 aliphatic rings. The van der Waals surface area contributed by atoms with Gasteiger partial charge < -0.3 is 10.1 Å². The number of nitrogens with one attached hydrogen (secondary N) is 1. The number of morpholine rings is 1. The van der Waals surface area contributed by atoms with Crippen LogP contribution in [0, 0.1) is 6.92 Å². The SMILES string of the molecule is Cc1cc2c(NC[C@@H]3OCCN(C)[C@H]3c3ccnn3C)nccn2n1. The standard InChI is InChI=1S/C17H23N7O/c1-12-10-14-17(18-6-7-24(14)21-12)19-11-15-16(22(2)8-9-25-15)13-4-5-20-23(13)3/h4-7,10,15-16H,8-9,11H2,1-3H3,(H,18,19)/t15-,16-/m0/s1. The number of likely N-dealkylation sites (N-methyl/N-ethyl adjacent to an activating group) is 1. The predicted octanol–water partition coefficient (Wildman–Crippen LogP) is 1.26. The van der Waals surface area contributed by atoms with Crippen molar-refractivity contribution in [2.75, 3.05) is 32.1 Å². The molecule has 0 bridgehead atoms. The van der Waals surface area contributed by atoms with Crippen molar-refractivity contribution in [3.63, 3.8) is 0 Å². The summed E-state index contributed by atoms with van der Waals surface area (Å²) in [5.74, 6) is 0.823. The van der Waals surface area contributed by atoms with Crippen molar-refractivity contribution < 1.29 is 4.74 Å². The monoisotopic (exact) mass is 341 g/mol. The summed E-state index contributed by atoms with van der Waals surface area (Å²) in [4.78, 5) is 6.79. The molecule has 4 rings (SSSR count). The molecule has 0 spiro atoms. The van der Waals surface area contributed by atoms with Gasteiger partial charge in [-0.15, -0.1) is 0 Å². The number of hydrogen-bond donors (Lipinski definition) is 1. The van der Waals surface area contributed by atoms with Gasteiger partial charge in [0.15, 0.2) is 5.82 Å². The molecule has 8 heteroatoms. The number of rotatable bonds is 4. The molecule has 0 saturated carbocycles. The molecular weight excluding hydrogens is 318 g/mol. The quantitative estimate of drug-likeness (QED) is 0.770. The average molecular weight is 341 g/mol. The van der Waals surface area contributed by atoms with Crippen molar-refractivity contribution in [3.8, 4) is 0 Å². The Hall–Kier alpha value is -2.45. The van der Waals surface area contributed by atoms with Gasteiger partial charge in [0, 0.05) is 38.7 Å². The number of hydrogen-bond acceptors (Lipinski definition) is 6. The van der Waals surface area contributed by atoms with Crippen LogP contribution in [0.3, 0.4) is 0 Å². The van der Waals surface area contributed by atoms with Crippen LogP contribution >= 0.6 is 0 Å². The Bertz CT molecular complexity index is 871. The van der Waals surface area contributed by atoms with E-state index in [1.807, 2.05) is 41.6 Å². The minimum atomic E-state index is 0.0141. The molecule has 0 aliphatic carbocycles. The summed E-state index contributed by atoms with van der Waals surface area (Å²) in [6, 6.07) is 4.24. The molecule has 0 amide bonds. The van der Waals surface area contributed by atoms with Crippen LogP contribution in [-0.4, -0.2) is 62.1 Å². The van der Waals surface area contributed by atoms with E-state index in [2.05, 4.69) is 38.5 Å². The maximum atomic E-state index is 6.08. The number of nitrogens with zero attached hydrogens (tertiary/aromatic N) is 6. The van der Waals surface area contributed by atoms with Crippen LogP contribution in [0.5, 0.6) is 0 Å². The third-order valence-corrected chi connectivity index (χ3v) is 4.75. The first-order valence-electron chi connectivity index (χ1n) is 8.48. The first-order valence-corrected chi connectivity index (χ1v) is 8.48. The highest BCUT2D eigenvalue weighted by Gasteiger charge is 2.33. The second-order valence-electron chi connectivity index (χ2n) is 6.49. The maximum Gasteiger partial charge on any atom is 0.152 e. The van der Waals surface area contributed by atoms with Crippen LogP contribution in [0.25, 0.3) is 5.52 Å². The summed E-state index contributed by atoms with van der Waals surface area (Å²) in [6.07, 6.45) is 5.46. The van der Waals surface area contributed by atoms with E-state index in [9.17, 15) is 0 Å². The molecule has 1 saturated heterocycles. The topological polar surface area (TPSA) is 72.5 Å². The van der Waals surface area contributed by atoms with Gasteiger partial charge in [-0.2, -0.15) is 10.2 Å². The van der Waals surface area contributed by atoms with Crippen molar-refractivity contribution >= 4 is 11.3 Å². The minimum absolute atomic E-state index is 0.0141. The highest BCUT2D eigenvalue weighted by atomic mass is 16.5. The molecule has 1 N–H and O–H groups in total. The van der Waals surface area contributed by atoms with Gasteiger partial charge in [-0.05, 0) is 26.1 Å². The molecule has 3 aromatic rings. The number of aromatic nitrogens is 5. The number of anilines is 1. The molecule has 8 nitrogen and oxygen atoms in total. The molecule has 0 radical (unpaired) electrons. The highest BCUT2D eigenvalue weighted by Crippen LogP contribution is 2.28. The molecule has 4 heterocycles. The smallest absolute Gasteiger partial charge is 0.152 e. The van der Waals surface area contributed by atoms with Gasteiger partial charge in [-0.25, -0.2) is 9.50 Å². The molecule has 1 aliphatic heterocycles. The molecule has 25 heavy (non-hydrogen) atoms. The second kappa shape index (κ2) is 6.45. The average Bonchev–Trinajstić information content (AvgIpc) is 3.18. The van der Waals surface area contributed by atoms with Gasteiger partial charge in [0.1, 0.15) is 5.52 Å². The van der Waals surface area contributed by atoms with Crippen molar-refractivity contribution in [2.24, 2.45) is 7.05 Å². The fraction of sp³-hybridized carbons (Fsp3) is 0.471. The molecule has 3 aromatic heterocycles. The summed E-state index contributed by atoms with van der Waals surface area (Å²) >= 11 is 0. The van der Waals surface area contributed by atoms with E-state index in [-0.39, 0.29) is 12.1 Å². The van der Waals surface area contributed by atoms with Crippen LogP contribution in [0.4, 0.5) is 5.82 Å². The van der Waals surface area contributed by atoms with E-state index < -0.39 is 0 Å². The lowest BCUT2D eigenvalue weighted by atomic mass is 10.0. The number of fused-ring (bicyclic) bond motifs is 1. The first kappa shape index (κ1) is 16.0. The fourth-order valence-corrected chi connectivity index (χ4v) is 3.50. The van der Waals surface area contributed by atoms with Crippen LogP contribution < -0.4 is 5.32 Å². The Balaban J connectivity index is 1.57. The molecule has 2 atom stereocenters. The molecule has 0 unspecified atom stereocenters. The largest absolute Gasteiger partial charge is 0.373 e. The zero-order chi connectivity index (χ0) is 17.4. The van der Waals surface area contributed by atoms with E-state index in [1.165, 1.54) is 0 Å². The zero-order valence-corrected chi connectivity index (χ0v) is 14.8. The van der Waals surface area contributed by atoms with Crippen molar-refractivity contribution in [1.82, 2.24) is 29.3 Å². The Labute approximate surface area is 146 Å². The third-order valence-electron chi connectivity index (χ3n) is 4.75. The third kappa shape index (κ3) is 2.98. The normalized spacial score (nSPS) is 21.7. The lowest BCUT2D eigenvalue weighted by Gasteiger charge is -2.39. The minimum Gasteiger partial charge on any atom is -0.373 e. The van der Waals surface area contributed by atoms with Crippen molar-refractivity contribution in [3.05, 3.63) is 42.1 Å². The molecular formula is C17H23N7O. The predicted molar refractivity (Wildman–Crippen MR) is 94.5 cm³/mol. The summed E-state index contributed by atoms with van der Waals surface area (Å²) in [5, 5.41) is 12.2. The van der Waals surface area contributed by atoms with E-state index in [0.29, 0.717) is 6.54 Å². The molecule has 1 fully saturated rings. The Morgan fingerprint density at radius 3 is 3.00 bits per heavy atom. The Morgan fingerprint density at radius 1 is 1.32 bits per heavy atom.